The number of benzene rings is 1. The van der Waals surface area contributed by atoms with Crippen LogP contribution >= 0.6 is 0 Å². The average Bonchev–Trinajstić information content (AvgIpc) is 2.99. The number of methoxy groups -OCH3 is 1. The molecule has 0 saturated carbocycles. The lowest BCUT2D eigenvalue weighted by molar-refractivity contribution is 0.141. The summed E-state index contributed by atoms with van der Waals surface area (Å²) in [5.74, 6) is 0.269. The first-order valence-corrected chi connectivity index (χ1v) is 7.30. The van der Waals surface area contributed by atoms with E-state index in [1.54, 1.807) is 25.6 Å². The summed E-state index contributed by atoms with van der Waals surface area (Å²) in [6, 6.07) is 9.63. The Kier molecular flexibility index (Phi) is 4.54. The van der Waals surface area contributed by atoms with E-state index in [1.165, 1.54) is 0 Å². The van der Waals surface area contributed by atoms with Crippen LogP contribution in [0.25, 0.3) is 11.2 Å². The van der Waals surface area contributed by atoms with Gasteiger partial charge in [0.15, 0.2) is 17.0 Å². The van der Waals surface area contributed by atoms with Crippen LogP contribution in [0.15, 0.2) is 30.6 Å². The topological polar surface area (TPSA) is 112 Å². The molecule has 0 aliphatic rings. The Morgan fingerprint density at radius 2 is 2.00 bits per heavy atom. The van der Waals surface area contributed by atoms with Gasteiger partial charge in [0.25, 0.3) is 0 Å². The van der Waals surface area contributed by atoms with E-state index in [1.807, 2.05) is 16.7 Å². The van der Waals surface area contributed by atoms with Crippen LogP contribution in [-0.2, 0) is 11.3 Å². The molecule has 0 spiro atoms. The third-order valence-electron chi connectivity index (χ3n) is 3.42. The molecule has 0 radical (unpaired) electrons. The van der Waals surface area contributed by atoms with Gasteiger partial charge in [-0.2, -0.15) is 15.2 Å². The Morgan fingerprint density at radius 1 is 1.21 bits per heavy atom. The normalized spacial score (nSPS) is 10.7. The molecular formula is C16H16N6O2. The first kappa shape index (κ1) is 15.7. The molecule has 0 bridgehead atoms. The molecule has 0 fully saturated rings. The molecule has 3 rings (SSSR count). The Labute approximate surface area is 138 Å². The summed E-state index contributed by atoms with van der Waals surface area (Å²) in [5, 5.41) is 8.86. The zero-order valence-corrected chi connectivity index (χ0v) is 13.1. The number of nitriles is 1. The van der Waals surface area contributed by atoms with Gasteiger partial charge in [0.2, 0.25) is 0 Å². The van der Waals surface area contributed by atoms with E-state index < -0.39 is 0 Å². The first-order chi connectivity index (χ1) is 11.7. The minimum atomic E-state index is 0.193. The van der Waals surface area contributed by atoms with Gasteiger partial charge in [0.05, 0.1) is 31.1 Å². The molecule has 0 aliphatic heterocycles. The molecule has 8 heteroatoms. The number of nitrogen functional groups attached to an aromatic ring is 1. The lowest BCUT2D eigenvalue weighted by atomic mass is 10.1. The van der Waals surface area contributed by atoms with Crippen LogP contribution in [0.5, 0.6) is 6.01 Å². The van der Waals surface area contributed by atoms with Crippen molar-refractivity contribution in [3.63, 3.8) is 0 Å². The Balaban J connectivity index is 1.88. The van der Waals surface area contributed by atoms with E-state index in [2.05, 4.69) is 21.0 Å². The van der Waals surface area contributed by atoms with Crippen molar-refractivity contribution in [1.29, 1.82) is 5.26 Å². The van der Waals surface area contributed by atoms with E-state index in [0.717, 1.165) is 5.56 Å². The fraction of sp³-hybridized carbons (Fsp3) is 0.250. The summed E-state index contributed by atoms with van der Waals surface area (Å²) in [5.41, 5.74) is 8.70. The summed E-state index contributed by atoms with van der Waals surface area (Å²) < 4.78 is 12.2. The number of hydrogen-bond donors (Lipinski definition) is 1. The number of fused-ring (bicyclic) bond motifs is 1. The second-order valence-electron chi connectivity index (χ2n) is 5.09. The zero-order valence-electron chi connectivity index (χ0n) is 13.1. The van der Waals surface area contributed by atoms with Gasteiger partial charge in [-0.05, 0) is 17.7 Å². The van der Waals surface area contributed by atoms with E-state index in [9.17, 15) is 0 Å². The molecule has 8 nitrogen and oxygen atoms in total. The number of nitrogens with zero attached hydrogens (tertiary/aromatic N) is 5. The second kappa shape index (κ2) is 6.93. The molecule has 3 aromatic rings. The van der Waals surface area contributed by atoms with Gasteiger partial charge < -0.3 is 19.8 Å². The average molecular weight is 324 g/mol. The monoisotopic (exact) mass is 324 g/mol. The van der Waals surface area contributed by atoms with E-state index in [4.69, 9.17) is 20.5 Å². The van der Waals surface area contributed by atoms with Crippen molar-refractivity contribution < 1.29 is 9.47 Å². The molecule has 0 atom stereocenters. The summed E-state index contributed by atoms with van der Waals surface area (Å²) >= 11 is 0. The van der Waals surface area contributed by atoms with Crippen LogP contribution in [0.3, 0.4) is 0 Å². The lowest BCUT2D eigenvalue weighted by Gasteiger charge is -2.07. The highest BCUT2D eigenvalue weighted by Crippen LogP contribution is 2.20. The highest BCUT2D eigenvalue weighted by Gasteiger charge is 2.12. The maximum Gasteiger partial charge on any atom is 0.320 e. The number of imidazole rings is 1. The van der Waals surface area contributed by atoms with Gasteiger partial charge >= 0.3 is 6.01 Å². The minimum absolute atomic E-state index is 0.193. The molecule has 2 aromatic heterocycles. The van der Waals surface area contributed by atoms with Crippen LogP contribution in [0.2, 0.25) is 0 Å². The Bertz CT molecular complexity index is 882. The van der Waals surface area contributed by atoms with Gasteiger partial charge in [-0.25, -0.2) is 4.98 Å². The zero-order chi connectivity index (χ0) is 16.9. The highest BCUT2D eigenvalue weighted by atomic mass is 16.5. The van der Waals surface area contributed by atoms with Crippen molar-refractivity contribution in [2.75, 3.05) is 26.1 Å². The van der Waals surface area contributed by atoms with Crippen LogP contribution in [0.4, 0.5) is 5.82 Å². The number of rotatable bonds is 6. The SMILES string of the molecule is COCCOc1nc(N)c2ncn(Cc3ccc(C#N)cc3)c2n1. The molecule has 0 aliphatic carbocycles. The maximum atomic E-state index is 8.86. The fourth-order valence-corrected chi connectivity index (χ4v) is 2.22. The third-order valence-corrected chi connectivity index (χ3v) is 3.42. The number of hydrogen-bond acceptors (Lipinski definition) is 7. The molecular weight excluding hydrogens is 308 g/mol. The van der Waals surface area contributed by atoms with E-state index in [0.29, 0.717) is 36.5 Å². The molecule has 1 aromatic carbocycles. The molecule has 2 heterocycles. The molecule has 0 unspecified atom stereocenters. The summed E-state index contributed by atoms with van der Waals surface area (Å²) in [6.07, 6.45) is 1.66. The Hall–Kier alpha value is -3.18. The lowest BCUT2D eigenvalue weighted by Crippen LogP contribution is -2.09. The van der Waals surface area contributed by atoms with Crippen molar-refractivity contribution in [3.8, 4) is 12.1 Å². The van der Waals surface area contributed by atoms with Gasteiger partial charge in [0, 0.05) is 7.11 Å². The molecule has 0 saturated heterocycles. The number of aromatic nitrogens is 4. The first-order valence-electron chi connectivity index (χ1n) is 7.30. The third kappa shape index (κ3) is 3.26. The van der Waals surface area contributed by atoms with Crippen LogP contribution in [0, 0.1) is 11.3 Å². The summed E-state index contributed by atoms with van der Waals surface area (Å²) in [7, 11) is 1.59. The summed E-state index contributed by atoms with van der Waals surface area (Å²) in [4.78, 5) is 12.7. The van der Waals surface area contributed by atoms with Crippen molar-refractivity contribution in [1.82, 2.24) is 19.5 Å². The minimum Gasteiger partial charge on any atom is -0.461 e. The Morgan fingerprint density at radius 3 is 2.71 bits per heavy atom. The predicted octanol–water partition coefficient (Wildman–Crippen LogP) is 1.35. The number of ether oxygens (including phenoxy) is 2. The number of anilines is 1. The van der Waals surface area contributed by atoms with Crippen molar-refractivity contribution >= 4 is 17.0 Å². The molecule has 24 heavy (non-hydrogen) atoms. The number of nitrogens with two attached hydrogens (primary N) is 1. The van der Waals surface area contributed by atoms with Crippen LogP contribution in [-0.4, -0.2) is 39.8 Å². The van der Waals surface area contributed by atoms with Gasteiger partial charge in [-0.15, -0.1) is 0 Å². The van der Waals surface area contributed by atoms with Gasteiger partial charge in [0.1, 0.15) is 6.61 Å². The maximum absolute atomic E-state index is 8.86. The smallest absolute Gasteiger partial charge is 0.320 e. The highest BCUT2D eigenvalue weighted by molar-refractivity contribution is 5.81. The van der Waals surface area contributed by atoms with E-state index in [-0.39, 0.29) is 11.8 Å². The van der Waals surface area contributed by atoms with Crippen LogP contribution in [0.1, 0.15) is 11.1 Å². The van der Waals surface area contributed by atoms with Crippen molar-refractivity contribution in [2.45, 2.75) is 6.54 Å². The second-order valence-corrected chi connectivity index (χ2v) is 5.09. The standard InChI is InChI=1S/C16H16N6O2/c1-23-6-7-24-16-20-14(18)13-15(21-16)22(10-19-13)9-12-4-2-11(8-17)3-5-12/h2-5,10H,6-7,9H2,1H3,(H2,18,20,21). The largest absolute Gasteiger partial charge is 0.461 e. The van der Waals surface area contributed by atoms with Crippen molar-refractivity contribution in [3.05, 3.63) is 41.7 Å². The quantitative estimate of drug-likeness (QED) is 0.681. The molecule has 2 N–H and O–H groups in total. The van der Waals surface area contributed by atoms with Crippen LogP contribution < -0.4 is 10.5 Å². The van der Waals surface area contributed by atoms with Gasteiger partial charge in [-0.1, -0.05) is 12.1 Å². The molecule has 122 valence electrons. The summed E-state index contributed by atoms with van der Waals surface area (Å²) in [6.45, 7) is 1.33. The van der Waals surface area contributed by atoms with E-state index >= 15 is 0 Å². The molecule has 0 amide bonds. The predicted molar refractivity (Wildman–Crippen MR) is 87.4 cm³/mol. The van der Waals surface area contributed by atoms with Gasteiger partial charge in [-0.3, -0.25) is 0 Å². The van der Waals surface area contributed by atoms with Crippen molar-refractivity contribution in [2.24, 2.45) is 0 Å². The fourth-order valence-electron chi connectivity index (χ4n) is 2.22.